The molecule has 2 N–H and O–H groups in total. The van der Waals surface area contributed by atoms with Gasteiger partial charge in [-0.2, -0.15) is 0 Å². The van der Waals surface area contributed by atoms with E-state index in [0.717, 1.165) is 32.8 Å². The van der Waals surface area contributed by atoms with E-state index < -0.39 is 0 Å². The van der Waals surface area contributed by atoms with Crippen molar-refractivity contribution in [2.45, 2.75) is 13.8 Å². The van der Waals surface area contributed by atoms with Gasteiger partial charge in [0, 0.05) is 26.2 Å². The van der Waals surface area contributed by atoms with Crippen molar-refractivity contribution in [2.75, 3.05) is 39.9 Å². The summed E-state index contributed by atoms with van der Waals surface area (Å²) in [6.45, 7) is 8.63. The highest BCUT2D eigenvalue weighted by molar-refractivity contribution is 4.50. The second-order valence-electron chi connectivity index (χ2n) is 3.56. The fourth-order valence-corrected chi connectivity index (χ4v) is 0.872. The van der Waals surface area contributed by atoms with Crippen molar-refractivity contribution in [1.82, 2.24) is 4.90 Å². The third-order valence-electron chi connectivity index (χ3n) is 1.58. The fraction of sp³-hybridized carbons (Fsp3) is 1.00. The van der Waals surface area contributed by atoms with Gasteiger partial charge in [0.1, 0.15) is 0 Å². The molecule has 0 aliphatic rings. The standard InChI is InChI=1S/C9H22N2O/c1-9(2)8-12-7-6-11(3)5-4-10/h9H,4-8,10H2,1-3H3. The maximum atomic E-state index is 5.43. The summed E-state index contributed by atoms with van der Waals surface area (Å²) in [6, 6.07) is 0. The average molecular weight is 174 g/mol. The molecule has 0 unspecified atom stereocenters. The Morgan fingerprint density at radius 3 is 2.50 bits per heavy atom. The molecule has 0 aromatic heterocycles. The summed E-state index contributed by atoms with van der Waals surface area (Å²) in [5.41, 5.74) is 5.40. The van der Waals surface area contributed by atoms with Crippen LogP contribution in [0, 0.1) is 5.92 Å². The minimum Gasteiger partial charge on any atom is -0.380 e. The topological polar surface area (TPSA) is 38.5 Å². The molecule has 0 aliphatic carbocycles. The molecule has 0 bridgehead atoms. The Morgan fingerprint density at radius 2 is 2.00 bits per heavy atom. The third-order valence-corrected chi connectivity index (χ3v) is 1.58. The summed E-state index contributed by atoms with van der Waals surface area (Å²) in [6.07, 6.45) is 0. The normalized spacial score (nSPS) is 11.5. The first kappa shape index (κ1) is 11.9. The number of likely N-dealkylation sites (N-methyl/N-ethyl adjacent to an activating group) is 1. The second-order valence-corrected chi connectivity index (χ2v) is 3.56. The Morgan fingerprint density at radius 1 is 1.33 bits per heavy atom. The fourth-order valence-electron chi connectivity index (χ4n) is 0.872. The van der Waals surface area contributed by atoms with Crippen LogP contribution in [0.25, 0.3) is 0 Å². The van der Waals surface area contributed by atoms with Crippen LogP contribution in [-0.4, -0.2) is 44.8 Å². The Bertz CT molecular complexity index is 96.5. The van der Waals surface area contributed by atoms with E-state index in [1.807, 2.05) is 0 Å². The molecule has 0 aliphatic heterocycles. The zero-order chi connectivity index (χ0) is 9.40. The first-order chi connectivity index (χ1) is 5.66. The van der Waals surface area contributed by atoms with Crippen molar-refractivity contribution in [2.24, 2.45) is 11.7 Å². The van der Waals surface area contributed by atoms with Crippen molar-refractivity contribution in [1.29, 1.82) is 0 Å². The summed E-state index contributed by atoms with van der Waals surface area (Å²) in [5, 5.41) is 0. The predicted octanol–water partition coefficient (Wildman–Crippen LogP) is 0.550. The summed E-state index contributed by atoms with van der Waals surface area (Å²) in [7, 11) is 2.06. The van der Waals surface area contributed by atoms with Crippen molar-refractivity contribution >= 4 is 0 Å². The smallest absolute Gasteiger partial charge is 0.0593 e. The quantitative estimate of drug-likeness (QED) is 0.573. The third kappa shape index (κ3) is 7.98. The highest BCUT2D eigenvalue weighted by Crippen LogP contribution is 1.92. The molecule has 0 amide bonds. The van der Waals surface area contributed by atoms with Crippen molar-refractivity contribution in [3.8, 4) is 0 Å². The summed E-state index contributed by atoms with van der Waals surface area (Å²) < 4.78 is 5.43. The molecule has 0 rings (SSSR count). The van der Waals surface area contributed by atoms with Crippen LogP contribution in [-0.2, 0) is 4.74 Å². The highest BCUT2D eigenvalue weighted by Gasteiger charge is 1.97. The van der Waals surface area contributed by atoms with Gasteiger partial charge < -0.3 is 15.4 Å². The molecule has 0 fully saturated rings. The molecular weight excluding hydrogens is 152 g/mol. The minimum atomic E-state index is 0.629. The van der Waals surface area contributed by atoms with Gasteiger partial charge in [-0.1, -0.05) is 13.8 Å². The molecule has 0 saturated heterocycles. The van der Waals surface area contributed by atoms with Gasteiger partial charge in [0.2, 0.25) is 0 Å². The van der Waals surface area contributed by atoms with E-state index in [1.165, 1.54) is 0 Å². The van der Waals surface area contributed by atoms with E-state index in [9.17, 15) is 0 Å². The van der Waals surface area contributed by atoms with E-state index in [0.29, 0.717) is 5.92 Å². The van der Waals surface area contributed by atoms with Crippen LogP contribution >= 0.6 is 0 Å². The van der Waals surface area contributed by atoms with Crippen LogP contribution in [0.3, 0.4) is 0 Å². The predicted molar refractivity (Wildman–Crippen MR) is 52.2 cm³/mol. The SMILES string of the molecule is CC(C)COCCN(C)CCN. The van der Waals surface area contributed by atoms with Gasteiger partial charge in [-0.15, -0.1) is 0 Å². The first-order valence-electron chi connectivity index (χ1n) is 4.63. The zero-order valence-corrected chi connectivity index (χ0v) is 8.55. The summed E-state index contributed by atoms with van der Waals surface area (Å²) in [4.78, 5) is 2.18. The van der Waals surface area contributed by atoms with E-state index in [2.05, 4.69) is 25.8 Å². The number of rotatable bonds is 7. The lowest BCUT2D eigenvalue weighted by Crippen LogP contribution is -2.29. The van der Waals surface area contributed by atoms with Gasteiger partial charge in [-0.05, 0) is 13.0 Å². The number of hydrogen-bond donors (Lipinski definition) is 1. The molecule has 0 saturated carbocycles. The van der Waals surface area contributed by atoms with Crippen molar-refractivity contribution in [3.63, 3.8) is 0 Å². The maximum Gasteiger partial charge on any atom is 0.0593 e. The Labute approximate surface area is 75.9 Å². The van der Waals surface area contributed by atoms with Crippen LogP contribution in [0.1, 0.15) is 13.8 Å². The summed E-state index contributed by atoms with van der Waals surface area (Å²) in [5.74, 6) is 0.629. The van der Waals surface area contributed by atoms with Gasteiger partial charge >= 0.3 is 0 Å². The van der Waals surface area contributed by atoms with Crippen molar-refractivity contribution < 1.29 is 4.74 Å². The zero-order valence-electron chi connectivity index (χ0n) is 8.55. The first-order valence-corrected chi connectivity index (χ1v) is 4.63. The van der Waals surface area contributed by atoms with Crippen LogP contribution in [0.2, 0.25) is 0 Å². The average Bonchev–Trinajstić information content (AvgIpc) is 1.98. The second kappa shape index (κ2) is 7.53. The molecular formula is C9H22N2O. The molecule has 0 aromatic carbocycles. The van der Waals surface area contributed by atoms with Crippen LogP contribution < -0.4 is 5.73 Å². The molecule has 74 valence electrons. The van der Waals surface area contributed by atoms with Gasteiger partial charge in [0.25, 0.3) is 0 Å². The largest absolute Gasteiger partial charge is 0.380 e. The molecule has 0 spiro atoms. The lowest BCUT2D eigenvalue weighted by Gasteiger charge is -2.15. The maximum absolute atomic E-state index is 5.43. The Hall–Kier alpha value is -0.120. The monoisotopic (exact) mass is 174 g/mol. The van der Waals surface area contributed by atoms with Crippen LogP contribution in [0.5, 0.6) is 0 Å². The van der Waals surface area contributed by atoms with Crippen LogP contribution in [0.15, 0.2) is 0 Å². The molecule has 0 atom stereocenters. The summed E-state index contributed by atoms with van der Waals surface area (Å²) >= 11 is 0. The van der Waals surface area contributed by atoms with Gasteiger partial charge in [-0.25, -0.2) is 0 Å². The van der Waals surface area contributed by atoms with E-state index in [1.54, 1.807) is 0 Å². The number of ether oxygens (including phenoxy) is 1. The Kier molecular flexibility index (Phi) is 7.45. The number of nitrogens with two attached hydrogens (primary N) is 1. The Balaban J connectivity index is 3.08. The molecule has 3 heteroatoms. The molecule has 0 heterocycles. The number of hydrogen-bond acceptors (Lipinski definition) is 3. The lowest BCUT2D eigenvalue weighted by atomic mass is 10.2. The lowest BCUT2D eigenvalue weighted by molar-refractivity contribution is 0.0922. The van der Waals surface area contributed by atoms with E-state index >= 15 is 0 Å². The van der Waals surface area contributed by atoms with E-state index in [4.69, 9.17) is 10.5 Å². The van der Waals surface area contributed by atoms with E-state index in [-0.39, 0.29) is 0 Å². The minimum absolute atomic E-state index is 0.629. The number of nitrogens with zero attached hydrogens (tertiary/aromatic N) is 1. The van der Waals surface area contributed by atoms with Gasteiger partial charge in [0.05, 0.1) is 6.61 Å². The highest BCUT2D eigenvalue weighted by atomic mass is 16.5. The molecule has 3 nitrogen and oxygen atoms in total. The molecule has 0 radical (unpaired) electrons. The van der Waals surface area contributed by atoms with Crippen molar-refractivity contribution in [3.05, 3.63) is 0 Å². The molecule has 0 aromatic rings. The molecule has 12 heavy (non-hydrogen) atoms. The van der Waals surface area contributed by atoms with Crippen LogP contribution in [0.4, 0.5) is 0 Å². The van der Waals surface area contributed by atoms with Gasteiger partial charge in [-0.3, -0.25) is 0 Å². The van der Waals surface area contributed by atoms with Gasteiger partial charge in [0.15, 0.2) is 0 Å².